The van der Waals surface area contributed by atoms with Gasteiger partial charge in [-0.25, -0.2) is 4.39 Å². The van der Waals surface area contributed by atoms with Crippen LogP contribution < -0.4 is 9.47 Å². The average molecular weight is 570 g/mol. The molecule has 0 N–H and O–H groups in total. The minimum absolute atomic E-state index is 0. The normalized spacial score (nSPS) is 18.8. The molecule has 0 aromatic heterocycles. The highest BCUT2D eigenvalue weighted by Gasteiger charge is 2.39. The third-order valence-electron chi connectivity index (χ3n) is 8.84. The molecule has 3 aliphatic rings. The Bertz CT molecular complexity index is 1220. The van der Waals surface area contributed by atoms with Crippen LogP contribution in [0, 0.1) is 5.82 Å². The van der Waals surface area contributed by atoms with E-state index in [0.29, 0.717) is 18.6 Å². The maximum absolute atomic E-state index is 14.1. The van der Waals surface area contributed by atoms with Crippen molar-refractivity contribution >= 4 is 23.9 Å². The van der Waals surface area contributed by atoms with Crippen LogP contribution in [-0.2, 0) is 11.2 Å². The van der Waals surface area contributed by atoms with E-state index in [0.717, 1.165) is 80.6 Å². The maximum Gasteiger partial charge on any atom is 0.311 e. The van der Waals surface area contributed by atoms with Crippen LogP contribution in [0.5, 0.6) is 11.5 Å². The van der Waals surface area contributed by atoms with Crippen LogP contribution in [-0.4, -0.2) is 36.1 Å². The summed E-state index contributed by atoms with van der Waals surface area (Å²) in [7, 11) is 0. The summed E-state index contributed by atoms with van der Waals surface area (Å²) in [5.74, 6) is 1.41. The first-order valence-corrected chi connectivity index (χ1v) is 15.1. The summed E-state index contributed by atoms with van der Waals surface area (Å²) < 4.78 is 26.8. The van der Waals surface area contributed by atoms with Gasteiger partial charge in [0, 0.05) is 6.42 Å². The van der Waals surface area contributed by atoms with Crippen LogP contribution in [0.4, 0.5) is 4.39 Å². The molecular formula is C34H45ClFNO3. The van der Waals surface area contributed by atoms with Crippen molar-refractivity contribution in [1.82, 2.24) is 4.90 Å². The molecule has 0 spiro atoms. The van der Waals surface area contributed by atoms with Crippen molar-refractivity contribution < 1.29 is 18.7 Å². The highest BCUT2D eigenvalue weighted by molar-refractivity contribution is 5.85. The third kappa shape index (κ3) is 7.09. The Morgan fingerprint density at radius 3 is 2.62 bits per heavy atom. The molecule has 5 rings (SSSR count). The van der Waals surface area contributed by atoms with Gasteiger partial charge in [0.15, 0.2) is 0 Å². The lowest BCUT2D eigenvalue weighted by molar-refractivity contribution is -0.134. The molecule has 2 aromatic rings. The van der Waals surface area contributed by atoms with E-state index in [1.165, 1.54) is 36.5 Å². The minimum atomic E-state index is -0.360. The number of hydrogen-bond acceptors (Lipinski definition) is 4. The van der Waals surface area contributed by atoms with Gasteiger partial charge in [0.25, 0.3) is 0 Å². The number of ether oxygens (including phenoxy) is 2. The van der Waals surface area contributed by atoms with Gasteiger partial charge in [-0.3, -0.25) is 4.79 Å². The van der Waals surface area contributed by atoms with E-state index in [1.807, 2.05) is 12.1 Å². The van der Waals surface area contributed by atoms with Gasteiger partial charge in [0.05, 0.1) is 5.56 Å². The highest BCUT2D eigenvalue weighted by atomic mass is 35.5. The lowest BCUT2D eigenvalue weighted by Gasteiger charge is -2.36. The number of likely N-dealkylation sites (tertiary alicyclic amines) is 1. The fourth-order valence-electron chi connectivity index (χ4n) is 6.64. The Morgan fingerprint density at radius 1 is 1.07 bits per heavy atom. The van der Waals surface area contributed by atoms with Crippen molar-refractivity contribution in [3.63, 3.8) is 0 Å². The van der Waals surface area contributed by atoms with Gasteiger partial charge in [-0.1, -0.05) is 31.5 Å². The van der Waals surface area contributed by atoms with Crippen LogP contribution in [0.2, 0.25) is 0 Å². The Labute approximate surface area is 245 Å². The predicted molar refractivity (Wildman–Crippen MR) is 162 cm³/mol. The summed E-state index contributed by atoms with van der Waals surface area (Å²) in [4.78, 5) is 15.5. The number of piperidine rings is 1. The second-order valence-corrected chi connectivity index (χ2v) is 12.2. The van der Waals surface area contributed by atoms with E-state index in [2.05, 4.69) is 37.8 Å². The van der Waals surface area contributed by atoms with E-state index in [9.17, 15) is 9.18 Å². The topological polar surface area (TPSA) is 38.8 Å². The maximum atomic E-state index is 14.1. The number of benzene rings is 2. The monoisotopic (exact) mass is 569 g/mol. The molecule has 2 aliphatic heterocycles. The third-order valence-corrected chi connectivity index (χ3v) is 8.84. The molecule has 40 heavy (non-hydrogen) atoms. The zero-order chi connectivity index (χ0) is 27.4. The van der Waals surface area contributed by atoms with Crippen molar-refractivity contribution in [2.45, 2.75) is 103 Å². The Morgan fingerprint density at radius 2 is 1.85 bits per heavy atom. The number of nitrogens with zero attached hydrogens (tertiary/aromatic N) is 1. The van der Waals surface area contributed by atoms with Gasteiger partial charge in [0.2, 0.25) is 0 Å². The van der Waals surface area contributed by atoms with Crippen LogP contribution in [0.25, 0.3) is 5.57 Å². The van der Waals surface area contributed by atoms with Crippen LogP contribution >= 0.6 is 12.4 Å². The smallest absolute Gasteiger partial charge is 0.311 e. The molecule has 218 valence electrons. The SMILES string of the molecule is CC(CCCc1ccccc1F)c1cc(OC(=O)CCCN2CCCCC2)c2c(c1)OC(C)(C)C1=C2CCC1.Cl. The number of esters is 1. The molecule has 1 fully saturated rings. The lowest BCUT2D eigenvalue weighted by Crippen LogP contribution is -2.34. The van der Waals surface area contributed by atoms with Gasteiger partial charge in [-0.15, -0.1) is 12.4 Å². The molecule has 2 aromatic carbocycles. The van der Waals surface area contributed by atoms with E-state index in [4.69, 9.17) is 9.47 Å². The number of fused-ring (bicyclic) bond motifs is 2. The van der Waals surface area contributed by atoms with E-state index < -0.39 is 0 Å². The first-order valence-electron chi connectivity index (χ1n) is 15.1. The summed E-state index contributed by atoms with van der Waals surface area (Å²) in [6.07, 6.45) is 10.7. The summed E-state index contributed by atoms with van der Waals surface area (Å²) in [6.45, 7) is 9.73. The van der Waals surface area contributed by atoms with Gasteiger partial charge in [0.1, 0.15) is 22.9 Å². The first kappa shape index (κ1) is 30.6. The Hall–Kier alpha value is -2.37. The second-order valence-electron chi connectivity index (χ2n) is 12.2. The van der Waals surface area contributed by atoms with Crippen LogP contribution in [0.1, 0.15) is 108 Å². The van der Waals surface area contributed by atoms with Gasteiger partial charge >= 0.3 is 5.97 Å². The van der Waals surface area contributed by atoms with Crippen molar-refractivity contribution in [3.05, 3.63) is 64.5 Å². The summed E-state index contributed by atoms with van der Waals surface area (Å²) in [6, 6.07) is 11.2. The lowest BCUT2D eigenvalue weighted by atomic mass is 9.85. The molecule has 0 amide bonds. The number of allylic oxidation sites excluding steroid dienone is 1. The Kier molecular flexibility index (Phi) is 10.3. The second kappa shape index (κ2) is 13.5. The van der Waals surface area contributed by atoms with Gasteiger partial charge in [-0.05, 0) is 138 Å². The number of halogens is 2. The van der Waals surface area contributed by atoms with E-state index >= 15 is 0 Å². The number of carbonyl (C=O) groups is 1. The van der Waals surface area contributed by atoms with Crippen molar-refractivity contribution in [3.8, 4) is 11.5 Å². The molecule has 4 nitrogen and oxygen atoms in total. The summed E-state index contributed by atoms with van der Waals surface area (Å²) >= 11 is 0. The summed E-state index contributed by atoms with van der Waals surface area (Å²) in [5, 5.41) is 0. The Balaban J connectivity index is 0.00000370. The molecule has 1 saturated heterocycles. The number of rotatable bonds is 10. The predicted octanol–water partition coefficient (Wildman–Crippen LogP) is 8.65. The molecule has 1 aliphatic carbocycles. The fraction of sp³-hybridized carbons (Fsp3) is 0.559. The molecule has 0 saturated carbocycles. The first-order chi connectivity index (χ1) is 18.8. The fourth-order valence-corrected chi connectivity index (χ4v) is 6.64. The van der Waals surface area contributed by atoms with E-state index in [1.54, 1.807) is 6.07 Å². The zero-order valence-electron chi connectivity index (χ0n) is 24.4. The van der Waals surface area contributed by atoms with Crippen LogP contribution in [0.3, 0.4) is 0 Å². The molecule has 2 heterocycles. The highest BCUT2D eigenvalue weighted by Crippen LogP contribution is 2.52. The van der Waals surface area contributed by atoms with Crippen molar-refractivity contribution in [2.75, 3.05) is 19.6 Å². The standard InChI is InChI=1S/C34H44FNO3.ClH/c1-24(12-9-14-25-13-5-6-17-29(25)35)26-22-30(38-32(37)18-11-21-36-19-7-4-8-20-36)33-27-15-10-16-28(27)34(2,3)39-31(33)23-26;/h5-6,13,17,22-24H,4,7-12,14-16,18-21H2,1-3H3;1H. The van der Waals surface area contributed by atoms with E-state index in [-0.39, 0.29) is 35.7 Å². The molecule has 0 radical (unpaired) electrons. The quantitative estimate of drug-likeness (QED) is 0.212. The molecule has 0 bridgehead atoms. The number of hydrogen-bond donors (Lipinski definition) is 0. The van der Waals surface area contributed by atoms with Crippen LogP contribution in [0.15, 0.2) is 42.0 Å². The number of aryl methyl sites for hydroxylation is 1. The average Bonchev–Trinajstić information content (AvgIpc) is 3.41. The molecule has 1 unspecified atom stereocenters. The largest absolute Gasteiger partial charge is 0.483 e. The van der Waals surface area contributed by atoms with Gasteiger partial charge < -0.3 is 14.4 Å². The molecule has 1 atom stereocenters. The molecule has 6 heteroatoms. The van der Waals surface area contributed by atoms with Gasteiger partial charge in [-0.2, -0.15) is 0 Å². The molecular weight excluding hydrogens is 525 g/mol. The minimum Gasteiger partial charge on any atom is -0.483 e. The summed E-state index contributed by atoms with van der Waals surface area (Å²) in [5.41, 5.74) is 5.13. The van der Waals surface area contributed by atoms with Crippen molar-refractivity contribution in [1.29, 1.82) is 0 Å². The zero-order valence-corrected chi connectivity index (χ0v) is 25.2. The number of carbonyl (C=O) groups excluding carboxylic acids is 1. The van der Waals surface area contributed by atoms with Crippen molar-refractivity contribution in [2.24, 2.45) is 0 Å².